The van der Waals surface area contributed by atoms with Crippen LogP contribution >= 0.6 is 11.3 Å². The maximum atomic E-state index is 12.7. The molecule has 0 saturated heterocycles. The second-order valence-corrected chi connectivity index (χ2v) is 6.85. The molecule has 2 heterocycles. The summed E-state index contributed by atoms with van der Waals surface area (Å²) >= 11 is 1.41. The van der Waals surface area contributed by atoms with E-state index >= 15 is 0 Å². The number of nitrogens with one attached hydrogen (secondary N) is 1. The van der Waals surface area contributed by atoms with E-state index in [0.29, 0.717) is 23.6 Å². The van der Waals surface area contributed by atoms with Crippen LogP contribution in [0.5, 0.6) is 0 Å². The minimum atomic E-state index is -0.383. The lowest BCUT2D eigenvalue weighted by atomic mass is 10.2. The van der Waals surface area contributed by atoms with E-state index in [9.17, 15) is 9.59 Å². The van der Waals surface area contributed by atoms with Crippen molar-refractivity contribution in [3.05, 3.63) is 77.4 Å². The fraction of sp³-hybridized carbons (Fsp3) is 0.0952. The molecule has 1 N–H and O–H groups in total. The molecule has 0 aliphatic heterocycles. The van der Waals surface area contributed by atoms with E-state index in [4.69, 9.17) is 4.74 Å². The summed E-state index contributed by atoms with van der Waals surface area (Å²) in [4.78, 5) is 29.8. The zero-order valence-corrected chi connectivity index (χ0v) is 15.9. The summed E-state index contributed by atoms with van der Waals surface area (Å²) in [6, 6.07) is 16.4. The third-order valence-corrected chi connectivity index (χ3v) is 5.01. The van der Waals surface area contributed by atoms with E-state index < -0.39 is 0 Å². The van der Waals surface area contributed by atoms with Crippen LogP contribution in [0.1, 0.15) is 27.8 Å². The molecule has 0 radical (unpaired) electrons. The fourth-order valence-electron chi connectivity index (χ4n) is 2.79. The van der Waals surface area contributed by atoms with Crippen LogP contribution in [-0.2, 0) is 4.74 Å². The van der Waals surface area contributed by atoms with Gasteiger partial charge in [0, 0.05) is 22.8 Å². The number of esters is 1. The van der Waals surface area contributed by atoms with Gasteiger partial charge in [0.15, 0.2) is 4.96 Å². The van der Waals surface area contributed by atoms with Gasteiger partial charge in [-0.25, -0.2) is 9.78 Å². The summed E-state index contributed by atoms with van der Waals surface area (Å²) in [7, 11) is 0. The molecule has 0 unspecified atom stereocenters. The largest absolute Gasteiger partial charge is 0.462 e. The van der Waals surface area contributed by atoms with Gasteiger partial charge in [0.25, 0.3) is 5.91 Å². The van der Waals surface area contributed by atoms with Gasteiger partial charge in [-0.15, -0.1) is 11.3 Å². The smallest absolute Gasteiger partial charge is 0.338 e. The zero-order chi connectivity index (χ0) is 19.5. The number of anilines is 1. The van der Waals surface area contributed by atoms with Gasteiger partial charge in [0.1, 0.15) is 5.69 Å². The van der Waals surface area contributed by atoms with Gasteiger partial charge in [0.05, 0.1) is 17.9 Å². The molecule has 0 atom stereocenters. The number of rotatable bonds is 5. The first-order chi connectivity index (χ1) is 13.7. The van der Waals surface area contributed by atoms with Gasteiger partial charge in [-0.05, 0) is 31.2 Å². The first-order valence-corrected chi connectivity index (χ1v) is 9.64. The molecule has 0 spiro atoms. The normalized spacial score (nSPS) is 10.8. The summed E-state index contributed by atoms with van der Waals surface area (Å²) in [6.45, 7) is 2.08. The highest BCUT2D eigenvalue weighted by molar-refractivity contribution is 7.15. The van der Waals surface area contributed by atoms with Crippen molar-refractivity contribution >= 4 is 33.9 Å². The second kappa shape index (κ2) is 7.66. The average Bonchev–Trinajstić information content (AvgIpc) is 3.30. The number of hydrogen-bond acceptors (Lipinski definition) is 5. The van der Waals surface area contributed by atoms with E-state index in [1.54, 1.807) is 41.0 Å². The second-order valence-electron chi connectivity index (χ2n) is 6.02. The highest BCUT2D eigenvalue weighted by atomic mass is 32.1. The number of nitrogens with zero attached hydrogens (tertiary/aromatic N) is 2. The SMILES string of the molecule is CCOC(=O)c1ccc(NC(=O)c2csc3nc(-c4ccccc4)cn23)cc1. The Bertz CT molecular complexity index is 1130. The summed E-state index contributed by atoms with van der Waals surface area (Å²) in [5.41, 5.74) is 3.37. The highest BCUT2D eigenvalue weighted by Crippen LogP contribution is 2.24. The fourth-order valence-corrected chi connectivity index (χ4v) is 3.65. The first kappa shape index (κ1) is 17.9. The minimum Gasteiger partial charge on any atom is -0.462 e. The number of carbonyl (C=O) groups is 2. The van der Waals surface area contributed by atoms with Crippen LogP contribution in [0.25, 0.3) is 16.2 Å². The van der Waals surface area contributed by atoms with Gasteiger partial charge < -0.3 is 10.1 Å². The number of benzene rings is 2. The van der Waals surface area contributed by atoms with E-state index in [1.807, 2.05) is 36.5 Å². The van der Waals surface area contributed by atoms with Crippen LogP contribution in [-0.4, -0.2) is 27.9 Å². The molecule has 4 aromatic rings. The van der Waals surface area contributed by atoms with E-state index in [2.05, 4.69) is 10.3 Å². The number of fused-ring (bicyclic) bond motifs is 1. The molecule has 2 aromatic carbocycles. The molecule has 6 nitrogen and oxygen atoms in total. The average molecular weight is 391 g/mol. The van der Waals surface area contributed by atoms with Crippen molar-refractivity contribution in [1.82, 2.24) is 9.38 Å². The number of ether oxygens (including phenoxy) is 1. The number of hydrogen-bond donors (Lipinski definition) is 1. The van der Waals surface area contributed by atoms with Gasteiger partial charge in [-0.3, -0.25) is 9.20 Å². The lowest BCUT2D eigenvalue weighted by Crippen LogP contribution is -2.14. The van der Waals surface area contributed by atoms with Crippen LogP contribution < -0.4 is 5.32 Å². The van der Waals surface area contributed by atoms with Gasteiger partial charge in [0.2, 0.25) is 0 Å². The first-order valence-electron chi connectivity index (χ1n) is 8.76. The Morgan fingerprint density at radius 1 is 1.11 bits per heavy atom. The molecule has 0 bridgehead atoms. The molecule has 2 aromatic heterocycles. The Morgan fingerprint density at radius 2 is 1.86 bits per heavy atom. The lowest BCUT2D eigenvalue weighted by Gasteiger charge is -2.06. The third kappa shape index (κ3) is 3.52. The molecule has 7 heteroatoms. The van der Waals surface area contributed by atoms with E-state index in [-0.39, 0.29) is 11.9 Å². The van der Waals surface area contributed by atoms with Crippen LogP contribution in [0.2, 0.25) is 0 Å². The molecule has 0 aliphatic carbocycles. The van der Waals surface area contributed by atoms with Gasteiger partial charge in [-0.1, -0.05) is 30.3 Å². The Kier molecular flexibility index (Phi) is 4.90. The van der Waals surface area contributed by atoms with Crippen molar-refractivity contribution in [2.24, 2.45) is 0 Å². The van der Waals surface area contributed by atoms with Crippen LogP contribution in [0.3, 0.4) is 0 Å². The van der Waals surface area contributed by atoms with Crippen molar-refractivity contribution in [3.63, 3.8) is 0 Å². The number of aromatic nitrogens is 2. The molecule has 1 amide bonds. The van der Waals surface area contributed by atoms with Crippen LogP contribution in [0.15, 0.2) is 66.2 Å². The molecular weight excluding hydrogens is 374 g/mol. The maximum absolute atomic E-state index is 12.7. The predicted octanol–water partition coefficient (Wildman–Crippen LogP) is 4.49. The highest BCUT2D eigenvalue weighted by Gasteiger charge is 2.16. The summed E-state index contributed by atoms with van der Waals surface area (Å²) in [5.74, 6) is -0.626. The molecule has 0 aliphatic rings. The number of imidazole rings is 1. The molecule has 0 saturated carbocycles. The Labute approximate surface area is 165 Å². The van der Waals surface area contributed by atoms with Crippen LogP contribution in [0.4, 0.5) is 5.69 Å². The number of thiazole rings is 1. The number of carbonyl (C=O) groups excluding carboxylic acids is 2. The predicted molar refractivity (Wildman–Crippen MR) is 109 cm³/mol. The van der Waals surface area contributed by atoms with Crippen molar-refractivity contribution in [2.75, 3.05) is 11.9 Å². The van der Waals surface area contributed by atoms with Gasteiger partial charge in [-0.2, -0.15) is 0 Å². The minimum absolute atomic E-state index is 0.243. The summed E-state index contributed by atoms with van der Waals surface area (Å²) in [5, 5.41) is 4.63. The molecule has 4 rings (SSSR count). The summed E-state index contributed by atoms with van der Waals surface area (Å²) < 4.78 is 6.75. The maximum Gasteiger partial charge on any atom is 0.338 e. The molecule has 0 fully saturated rings. The van der Waals surface area contributed by atoms with Gasteiger partial charge >= 0.3 is 5.97 Å². The van der Waals surface area contributed by atoms with Crippen LogP contribution in [0, 0.1) is 0 Å². The Balaban J connectivity index is 1.54. The Morgan fingerprint density at radius 3 is 2.57 bits per heavy atom. The Hall–Kier alpha value is -3.45. The van der Waals surface area contributed by atoms with E-state index in [0.717, 1.165) is 16.2 Å². The zero-order valence-electron chi connectivity index (χ0n) is 15.1. The van der Waals surface area contributed by atoms with Crippen molar-refractivity contribution in [1.29, 1.82) is 0 Å². The molecule has 28 heavy (non-hydrogen) atoms. The molecule has 140 valence electrons. The molecular formula is C21H17N3O3S. The third-order valence-electron chi connectivity index (χ3n) is 4.17. The summed E-state index contributed by atoms with van der Waals surface area (Å²) in [6.07, 6.45) is 1.86. The number of amides is 1. The van der Waals surface area contributed by atoms with Crippen molar-refractivity contribution in [2.45, 2.75) is 6.92 Å². The standard InChI is InChI=1S/C21H17N3O3S/c1-2-27-20(26)15-8-10-16(11-9-15)22-19(25)18-13-28-21-23-17(12-24(18)21)14-6-4-3-5-7-14/h3-13H,2H2,1H3,(H,22,25). The monoisotopic (exact) mass is 391 g/mol. The van der Waals surface area contributed by atoms with E-state index in [1.165, 1.54) is 11.3 Å². The lowest BCUT2D eigenvalue weighted by molar-refractivity contribution is 0.0526. The van der Waals surface area contributed by atoms with Crippen molar-refractivity contribution < 1.29 is 14.3 Å². The van der Waals surface area contributed by atoms with Crippen molar-refractivity contribution in [3.8, 4) is 11.3 Å². The quantitative estimate of drug-likeness (QED) is 0.509. The topological polar surface area (TPSA) is 72.7 Å².